The first-order chi connectivity index (χ1) is 5.64. The van der Waals surface area contributed by atoms with Gasteiger partial charge in [0.05, 0.1) is 11.9 Å². The van der Waals surface area contributed by atoms with E-state index >= 15 is 0 Å². The van der Waals surface area contributed by atoms with E-state index in [1.54, 1.807) is 6.08 Å². The SMILES string of the molecule is CCCCOC1C=CS(=O)(=O)C1. The van der Waals surface area contributed by atoms with Gasteiger partial charge in [0.15, 0.2) is 9.84 Å². The monoisotopic (exact) mass is 190 g/mol. The number of sulfone groups is 1. The van der Waals surface area contributed by atoms with E-state index in [1.165, 1.54) is 5.41 Å². The van der Waals surface area contributed by atoms with Crippen LogP contribution in [0.25, 0.3) is 0 Å². The van der Waals surface area contributed by atoms with Gasteiger partial charge in [-0.3, -0.25) is 0 Å². The Kier molecular flexibility index (Phi) is 3.29. The van der Waals surface area contributed by atoms with Crippen molar-refractivity contribution in [3.05, 3.63) is 11.5 Å². The van der Waals surface area contributed by atoms with Gasteiger partial charge in [-0.05, 0) is 12.5 Å². The summed E-state index contributed by atoms with van der Waals surface area (Å²) >= 11 is 0. The molecule has 1 aliphatic rings. The number of ether oxygens (including phenoxy) is 1. The Labute approximate surface area is 73.3 Å². The fourth-order valence-electron chi connectivity index (χ4n) is 1.03. The zero-order valence-electron chi connectivity index (χ0n) is 7.19. The third kappa shape index (κ3) is 2.95. The summed E-state index contributed by atoms with van der Waals surface area (Å²) in [5, 5.41) is 1.24. The predicted molar refractivity (Wildman–Crippen MR) is 47.6 cm³/mol. The standard InChI is InChI=1S/C8H14O3S/c1-2-3-5-11-8-4-6-12(9,10)7-8/h4,6,8H,2-3,5,7H2,1H3. The van der Waals surface area contributed by atoms with Gasteiger partial charge in [-0.15, -0.1) is 0 Å². The van der Waals surface area contributed by atoms with Crippen molar-refractivity contribution in [2.45, 2.75) is 25.9 Å². The summed E-state index contributed by atoms with van der Waals surface area (Å²) < 4.78 is 27.1. The number of rotatable bonds is 4. The third-order valence-electron chi connectivity index (χ3n) is 1.73. The lowest BCUT2D eigenvalue weighted by molar-refractivity contribution is 0.0986. The Morgan fingerprint density at radius 3 is 2.83 bits per heavy atom. The minimum Gasteiger partial charge on any atom is -0.373 e. The average Bonchev–Trinajstić information content (AvgIpc) is 2.31. The fourth-order valence-corrected chi connectivity index (χ4v) is 2.22. The molecule has 0 saturated heterocycles. The predicted octanol–water partition coefficient (Wildman–Crippen LogP) is 1.11. The van der Waals surface area contributed by atoms with Gasteiger partial charge in [0.2, 0.25) is 0 Å². The highest BCUT2D eigenvalue weighted by molar-refractivity contribution is 7.94. The Bertz CT molecular complexity index is 253. The molecular formula is C8H14O3S. The second-order valence-electron chi connectivity index (χ2n) is 2.92. The second kappa shape index (κ2) is 4.05. The zero-order valence-corrected chi connectivity index (χ0v) is 8.01. The lowest BCUT2D eigenvalue weighted by atomic mass is 10.3. The molecule has 1 aliphatic heterocycles. The molecule has 0 aromatic rings. The van der Waals surface area contributed by atoms with Crippen LogP contribution in [0.3, 0.4) is 0 Å². The molecule has 0 radical (unpaired) electrons. The minimum absolute atomic E-state index is 0.122. The Morgan fingerprint density at radius 2 is 2.33 bits per heavy atom. The van der Waals surface area contributed by atoms with Crippen molar-refractivity contribution in [3.63, 3.8) is 0 Å². The second-order valence-corrected chi connectivity index (χ2v) is 4.85. The largest absolute Gasteiger partial charge is 0.373 e. The molecule has 1 atom stereocenters. The van der Waals surface area contributed by atoms with E-state index in [9.17, 15) is 8.42 Å². The molecular weight excluding hydrogens is 176 g/mol. The zero-order chi connectivity index (χ0) is 9.03. The van der Waals surface area contributed by atoms with Gasteiger partial charge in [0, 0.05) is 12.0 Å². The highest BCUT2D eigenvalue weighted by Gasteiger charge is 2.21. The highest BCUT2D eigenvalue weighted by Crippen LogP contribution is 2.11. The molecule has 0 aromatic carbocycles. The molecule has 0 fully saturated rings. The van der Waals surface area contributed by atoms with Crippen molar-refractivity contribution >= 4 is 9.84 Å². The van der Waals surface area contributed by atoms with Crippen LogP contribution in [0.1, 0.15) is 19.8 Å². The summed E-state index contributed by atoms with van der Waals surface area (Å²) in [4.78, 5) is 0. The topological polar surface area (TPSA) is 43.4 Å². The molecule has 1 unspecified atom stereocenters. The van der Waals surface area contributed by atoms with Gasteiger partial charge in [-0.2, -0.15) is 0 Å². The molecule has 0 spiro atoms. The van der Waals surface area contributed by atoms with Crippen LogP contribution in [-0.4, -0.2) is 26.9 Å². The molecule has 0 aliphatic carbocycles. The first-order valence-electron chi connectivity index (χ1n) is 4.16. The maximum Gasteiger partial charge on any atom is 0.174 e. The molecule has 0 aromatic heterocycles. The van der Waals surface area contributed by atoms with E-state index < -0.39 is 9.84 Å². The first kappa shape index (κ1) is 9.74. The Morgan fingerprint density at radius 1 is 1.58 bits per heavy atom. The lowest BCUT2D eigenvalue weighted by Crippen LogP contribution is -2.15. The number of hydrogen-bond acceptors (Lipinski definition) is 3. The summed E-state index contributed by atoms with van der Waals surface area (Å²) in [5.74, 6) is 0.122. The first-order valence-corrected chi connectivity index (χ1v) is 5.88. The van der Waals surface area contributed by atoms with Crippen LogP contribution in [0.15, 0.2) is 11.5 Å². The third-order valence-corrected chi connectivity index (χ3v) is 3.09. The van der Waals surface area contributed by atoms with E-state index in [4.69, 9.17) is 4.74 Å². The lowest BCUT2D eigenvalue weighted by Gasteiger charge is -2.07. The van der Waals surface area contributed by atoms with E-state index in [-0.39, 0.29) is 11.9 Å². The number of unbranched alkanes of at least 4 members (excludes halogenated alkanes) is 1. The summed E-state index contributed by atoms with van der Waals surface area (Å²) in [6, 6.07) is 0. The molecule has 1 rings (SSSR count). The van der Waals surface area contributed by atoms with Crippen LogP contribution in [0, 0.1) is 0 Å². The van der Waals surface area contributed by atoms with Crippen LogP contribution in [-0.2, 0) is 14.6 Å². The van der Waals surface area contributed by atoms with Crippen molar-refractivity contribution < 1.29 is 13.2 Å². The van der Waals surface area contributed by atoms with Crippen LogP contribution in [0.4, 0.5) is 0 Å². The van der Waals surface area contributed by atoms with Gasteiger partial charge >= 0.3 is 0 Å². The van der Waals surface area contributed by atoms with Gasteiger partial charge in [-0.25, -0.2) is 8.42 Å². The smallest absolute Gasteiger partial charge is 0.174 e. The van der Waals surface area contributed by atoms with Crippen molar-refractivity contribution in [1.82, 2.24) is 0 Å². The van der Waals surface area contributed by atoms with Gasteiger partial charge in [0.1, 0.15) is 0 Å². The van der Waals surface area contributed by atoms with Crippen molar-refractivity contribution in [1.29, 1.82) is 0 Å². The van der Waals surface area contributed by atoms with E-state index in [2.05, 4.69) is 6.92 Å². The number of hydrogen-bond donors (Lipinski definition) is 0. The molecule has 70 valence electrons. The summed E-state index contributed by atoms with van der Waals surface area (Å²) in [7, 11) is -2.94. The molecule has 0 bridgehead atoms. The summed E-state index contributed by atoms with van der Waals surface area (Å²) in [5.41, 5.74) is 0. The van der Waals surface area contributed by atoms with E-state index in [0.29, 0.717) is 6.61 Å². The fraction of sp³-hybridized carbons (Fsp3) is 0.750. The van der Waals surface area contributed by atoms with Gasteiger partial charge in [-0.1, -0.05) is 13.3 Å². The summed E-state index contributed by atoms with van der Waals surface area (Å²) in [6.45, 7) is 2.73. The molecule has 1 heterocycles. The van der Waals surface area contributed by atoms with Crippen LogP contribution < -0.4 is 0 Å². The van der Waals surface area contributed by atoms with Gasteiger partial charge < -0.3 is 4.74 Å². The Hall–Kier alpha value is -0.350. The average molecular weight is 190 g/mol. The molecule has 0 amide bonds. The Balaban J connectivity index is 2.26. The van der Waals surface area contributed by atoms with E-state index in [1.807, 2.05) is 0 Å². The van der Waals surface area contributed by atoms with Crippen LogP contribution in [0.2, 0.25) is 0 Å². The molecule has 4 heteroatoms. The highest BCUT2D eigenvalue weighted by atomic mass is 32.2. The minimum atomic E-state index is -2.94. The van der Waals surface area contributed by atoms with Crippen molar-refractivity contribution in [3.8, 4) is 0 Å². The molecule has 3 nitrogen and oxygen atoms in total. The maximum atomic E-state index is 10.9. The quantitative estimate of drug-likeness (QED) is 0.624. The van der Waals surface area contributed by atoms with Crippen molar-refractivity contribution in [2.75, 3.05) is 12.4 Å². The molecule has 0 N–H and O–H groups in total. The van der Waals surface area contributed by atoms with E-state index in [0.717, 1.165) is 12.8 Å². The molecule has 12 heavy (non-hydrogen) atoms. The van der Waals surface area contributed by atoms with Crippen molar-refractivity contribution in [2.24, 2.45) is 0 Å². The molecule has 0 saturated carbocycles. The normalized spacial score (nSPS) is 26.2. The maximum absolute atomic E-state index is 10.9. The van der Waals surface area contributed by atoms with Crippen LogP contribution >= 0.6 is 0 Å². The van der Waals surface area contributed by atoms with Gasteiger partial charge in [0.25, 0.3) is 0 Å². The summed E-state index contributed by atoms with van der Waals surface area (Å²) in [6.07, 6.45) is 3.47. The van der Waals surface area contributed by atoms with Crippen LogP contribution in [0.5, 0.6) is 0 Å².